The Balaban J connectivity index is 2.15. The molecule has 0 aromatic heterocycles. The maximum Gasteiger partial charge on any atom is 0.139 e. The molecule has 2 aromatic carbocycles. The Morgan fingerprint density at radius 2 is 1.79 bits per heavy atom. The van der Waals surface area contributed by atoms with Crippen molar-refractivity contribution in [3.63, 3.8) is 0 Å². The van der Waals surface area contributed by atoms with E-state index in [1.807, 2.05) is 37.3 Å². The summed E-state index contributed by atoms with van der Waals surface area (Å²) < 4.78 is 5.68. The molecule has 0 radical (unpaired) electrons. The van der Waals surface area contributed by atoms with E-state index in [4.69, 9.17) is 33.7 Å². The predicted molar refractivity (Wildman–Crippen MR) is 79.8 cm³/mol. The van der Waals surface area contributed by atoms with Crippen LogP contribution in [-0.2, 0) is 6.61 Å². The van der Waals surface area contributed by atoms with E-state index in [0.717, 1.165) is 11.1 Å². The van der Waals surface area contributed by atoms with E-state index in [9.17, 15) is 0 Å². The Hall–Kier alpha value is -1.22. The molecule has 1 unspecified atom stereocenters. The van der Waals surface area contributed by atoms with E-state index >= 15 is 0 Å². The second-order valence-corrected chi connectivity index (χ2v) is 5.18. The topological polar surface area (TPSA) is 35.2 Å². The molecule has 100 valence electrons. The van der Waals surface area contributed by atoms with Gasteiger partial charge in [-0.1, -0.05) is 53.5 Å². The molecule has 1 atom stereocenters. The molecule has 0 spiro atoms. The van der Waals surface area contributed by atoms with Crippen molar-refractivity contribution in [1.29, 1.82) is 0 Å². The van der Waals surface area contributed by atoms with Crippen molar-refractivity contribution >= 4 is 23.2 Å². The van der Waals surface area contributed by atoms with Gasteiger partial charge in [-0.05, 0) is 24.1 Å². The zero-order valence-electron chi connectivity index (χ0n) is 10.6. The first-order valence-corrected chi connectivity index (χ1v) is 6.74. The summed E-state index contributed by atoms with van der Waals surface area (Å²) in [5.41, 5.74) is 7.71. The van der Waals surface area contributed by atoms with Crippen molar-refractivity contribution < 1.29 is 4.74 Å². The number of hydrogen-bond acceptors (Lipinski definition) is 2. The van der Waals surface area contributed by atoms with Gasteiger partial charge in [0.15, 0.2) is 0 Å². The van der Waals surface area contributed by atoms with Crippen LogP contribution in [0.15, 0.2) is 42.5 Å². The van der Waals surface area contributed by atoms with Gasteiger partial charge in [0, 0.05) is 17.1 Å². The molecule has 0 fully saturated rings. The maximum absolute atomic E-state index is 6.17. The largest absolute Gasteiger partial charge is 0.487 e. The Kier molecular flexibility index (Phi) is 4.70. The Bertz CT molecular complexity index is 556. The number of ether oxygens (including phenoxy) is 1. The first-order chi connectivity index (χ1) is 9.08. The molecule has 2 aromatic rings. The Labute approximate surface area is 123 Å². The van der Waals surface area contributed by atoms with Crippen LogP contribution in [0.3, 0.4) is 0 Å². The normalized spacial score (nSPS) is 12.2. The predicted octanol–water partition coefficient (Wildman–Crippen LogP) is 4.59. The lowest BCUT2D eigenvalue weighted by Gasteiger charge is -2.13. The van der Waals surface area contributed by atoms with E-state index in [1.54, 1.807) is 12.1 Å². The second kappa shape index (κ2) is 6.29. The minimum atomic E-state index is -0.159. The molecule has 19 heavy (non-hydrogen) atoms. The van der Waals surface area contributed by atoms with Gasteiger partial charge in [0.25, 0.3) is 0 Å². The standard InChI is InChI=1S/C15H15Cl2NO/c1-10(18)12-7-14(17)15(8-13(12)16)19-9-11-5-3-2-4-6-11/h2-8,10H,9,18H2,1H3. The molecule has 0 aliphatic heterocycles. The van der Waals surface area contributed by atoms with Crippen LogP contribution in [0, 0.1) is 0 Å². The van der Waals surface area contributed by atoms with Gasteiger partial charge >= 0.3 is 0 Å². The van der Waals surface area contributed by atoms with Gasteiger partial charge in [0.1, 0.15) is 12.4 Å². The second-order valence-electron chi connectivity index (χ2n) is 4.37. The lowest BCUT2D eigenvalue weighted by molar-refractivity contribution is 0.306. The Morgan fingerprint density at radius 1 is 1.11 bits per heavy atom. The fourth-order valence-electron chi connectivity index (χ4n) is 1.74. The average molecular weight is 296 g/mol. The van der Waals surface area contributed by atoms with Crippen molar-refractivity contribution in [1.82, 2.24) is 0 Å². The van der Waals surface area contributed by atoms with Crippen molar-refractivity contribution in [2.24, 2.45) is 5.73 Å². The third kappa shape index (κ3) is 3.63. The first kappa shape index (κ1) is 14.2. The van der Waals surface area contributed by atoms with E-state index in [1.165, 1.54) is 0 Å². The molecular formula is C15H15Cl2NO. The smallest absolute Gasteiger partial charge is 0.139 e. The van der Waals surface area contributed by atoms with Gasteiger partial charge < -0.3 is 10.5 Å². The summed E-state index contributed by atoms with van der Waals surface area (Å²) >= 11 is 12.3. The van der Waals surface area contributed by atoms with Gasteiger partial charge in [-0.25, -0.2) is 0 Å². The minimum Gasteiger partial charge on any atom is -0.487 e. The van der Waals surface area contributed by atoms with Crippen molar-refractivity contribution in [3.8, 4) is 5.75 Å². The van der Waals surface area contributed by atoms with E-state index in [0.29, 0.717) is 22.4 Å². The highest BCUT2D eigenvalue weighted by molar-refractivity contribution is 6.34. The average Bonchev–Trinajstić information content (AvgIpc) is 2.40. The number of hydrogen-bond donors (Lipinski definition) is 1. The van der Waals surface area contributed by atoms with Gasteiger partial charge in [-0.3, -0.25) is 0 Å². The number of benzene rings is 2. The molecule has 2 nitrogen and oxygen atoms in total. The van der Waals surface area contributed by atoms with Crippen molar-refractivity contribution in [2.75, 3.05) is 0 Å². The lowest BCUT2D eigenvalue weighted by Crippen LogP contribution is -2.06. The molecule has 0 saturated heterocycles. The fraction of sp³-hybridized carbons (Fsp3) is 0.200. The van der Waals surface area contributed by atoms with Crippen LogP contribution in [0.5, 0.6) is 5.75 Å². The van der Waals surface area contributed by atoms with E-state index in [-0.39, 0.29) is 6.04 Å². The van der Waals surface area contributed by atoms with Crippen LogP contribution >= 0.6 is 23.2 Å². The fourth-order valence-corrected chi connectivity index (χ4v) is 2.29. The number of rotatable bonds is 4. The van der Waals surface area contributed by atoms with Crippen molar-refractivity contribution in [2.45, 2.75) is 19.6 Å². The molecule has 2 rings (SSSR count). The van der Waals surface area contributed by atoms with Crippen LogP contribution in [0.4, 0.5) is 0 Å². The maximum atomic E-state index is 6.17. The third-order valence-electron chi connectivity index (χ3n) is 2.78. The molecule has 4 heteroatoms. The van der Waals surface area contributed by atoms with E-state index in [2.05, 4.69) is 0 Å². The van der Waals surface area contributed by atoms with E-state index < -0.39 is 0 Å². The SMILES string of the molecule is CC(N)c1cc(Cl)c(OCc2ccccc2)cc1Cl. The van der Waals surface area contributed by atoms with Gasteiger partial charge in [0.05, 0.1) is 5.02 Å². The van der Waals surface area contributed by atoms with Gasteiger partial charge in [-0.2, -0.15) is 0 Å². The zero-order valence-corrected chi connectivity index (χ0v) is 12.1. The molecule has 0 aliphatic carbocycles. The summed E-state index contributed by atoms with van der Waals surface area (Å²) in [6, 6.07) is 13.2. The summed E-state index contributed by atoms with van der Waals surface area (Å²) in [6.07, 6.45) is 0. The molecule has 0 aliphatic rings. The third-order valence-corrected chi connectivity index (χ3v) is 3.40. The van der Waals surface area contributed by atoms with Crippen LogP contribution in [0.25, 0.3) is 0 Å². The summed E-state index contributed by atoms with van der Waals surface area (Å²) in [4.78, 5) is 0. The molecule has 0 amide bonds. The van der Waals surface area contributed by atoms with Crippen molar-refractivity contribution in [3.05, 3.63) is 63.6 Å². The summed E-state index contributed by atoms with van der Waals surface area (Å²) in [7, 11) is 0. The molecule has 2 N–H and O–H groups in total. The summed E-state index contributed by atoms with van der Waals surface area (Å²) in [5.74, 6) is 0.569. The zero-order chi connectivity index (χ0) is 13.8. The quantitative estimate of drug-likeness (QED) is 0.895. The summed E-state index contributed by atoms with van der Waals surface area (Å²) in [6.45, 7) is 2.32. The summed E-state index contributed by atoms with van der Waals surface area (Å²) in [5, 5.41) is 1.09. The van der Waals surface area contributed by atoms with Gasteiger partial charge in [-0.15, -0.1) is 0 Å². The molecule has 0 bridgehead atoms. The Morgan fingerprint density at radius 3 is 2.42 bits per heavy atom. The van der Waals surface area contributed by atoms with Crippen LogP contribution in [-0.4, -0.2) is 0 Å². The highest BCUT2D eigenvalue weighted by Crippen LogP contribution is 2.33. The minimum absolute atomic E-state index is 0.159. The van der Waals surface area contributed by atoms with Crippen LogP contribution in [0.2, 0.25) is 10.0 Å². The first-order valence-electron chi connectivity index (χ1n) is 5.99. The van der Waals surface area contributed by atoms with Crippen LogP contribution < -0.4 is 10.5 Å². The van der Waals surface area contributed by atoms with Gasteiger partial charge in [0.2, 0.25) is 0 Å². The monoisotopic (exact) mass is 295 g/mol. The molecule has 0 heterocycles. The molecule has 0 saturated carbocycles. The van der Waals surface area contributed by atoms with Crippen LogP contribution in [0.1, 0.15) is 24.1 Å². The molecular weight excluding hydrogens is 281 g/mol. The number of halogens is 2. The highest BCUT2D eigenvalue weighted by atomic mass is 35.5. The lowest BCUT2D eigenvalue weighted by atomic mass is 10.1. The highest BCUT2D eigenvalue weighted by Gasteiger charge is 2.11. The number of nitrogens with two attached hydrogens (primary N) is 1.